The fourth-order valence-corrected chi connectivity index (χ4v) is 4.69. The highest BCUT2D eigenvalue weighted by Crippen LogP contribution is 2.43. The molecule has 0 spiro atoms. The van der Waals surface area contributed by atoms with Crippen molar-refractivity contribution in [2.75, 3.05) is 14.2 Å². The molecule has 0 heterocycles. The summed E-state index contributed by atoms with van der Waals surface area (Å²) in [6.07, 6.45) is -0.645. The minimum atomic E-state index is -0.858. The van der Waals surface area contributed by atoms with Crippen LogP contribution in [0, 0.1) is 0 Å². The van der Waals surface area contributed by atoms with E-state index in [0.717, 1.165) is 33.4 Å². The Hall–Kier alpha value is -3.35. The number of carbonyl (C=O) groups is 3. The highest BCUT2D eigenvalue weighted by molar-refractivity contribution is 5.75. The average molecular weight is 583 g/mol. The van der Waals surface area contributed by atoms with E-state index in [-0.39, 0.29) is 24.8 Å². The van der Waals surface area contributed by atoms with Gasteiger partial charge in [0, 0.05) is 22.3 Å². The van der Waals surface area contributed by atoms with Gasteiger partial charge < -0.3 is 18.9 Å². The first kappa shape index (κ1) is 34.8. The normalized spacial score (nSPS) is 12.5. The standard InChI is InChI=1S/C35H50O7/c1-32(2,3)23-15-21(19-27(36)39-13)16-24(33(4,5)6)29(23)41-31(38)42-30-25(34(7,8)9)17-22(20-28(37)40-14)18-26(30)35(10,11)12/h15-18H,19-20H2,1-14H3. The van der Waals surface area contributed by atoms with E-state index in [1.165, 1.54) is 14.2 Å². The quantitative estimate of drug-likeness (QED) is 0.253. The van der Waals surface area contributed by atoms with E-state index >= 15 is 0 Å². The van der Waals surface area contributed by atoms with Crippen molar-refractivity contribution in [3.8, 4) is 11.5 Å². The Morgan fingerprint density at radius 1 is 0.500 bits per heavy atom. The number of benzene rings is 2. The lowest BCUT2D eigenvalue weighted by molar-refractivity contribution is -0.140. The van der Waals surface area contributed by atoms with E-state index in [1.54, 1.807) is 0 Å². The molecule has 2 aromatic rings. The Morgan fingerprint density at radius 2 is 0.738 bits per heavy atom. The monoisotopic (exact) mass is 582 g/mol. The van der Waals surface area contributed by atoms with Crippen LogP contribution in [0.3, 0.4) is 0 Å². The van der Waals surface area contributed by atoms with E-state index in [1.807, 2.05) is 107 Å². The molecule has 0 aromatic heterocycles. The van der Waals surface area contributed by atoms with Gasteiger partial charge in [0.2, 0.25) is 0 Å². The molecular weight excluding hydrogens is 532 g/mol. The number of hydrogen-bond acceptors (Lipinski definition) is 7. The zero-order chi connectivity index (χ0) is 32.4. The van der Waals surface area contributed by atoms with Crippen LogP contribution in [0.2, 0.25) is 0 Å². The maximum atomic E-state index is 13.7. The summed E-state index contributed by atoms with van der Waals surface area (Å²) in [5.41, 5.74) is 3.05. The molecule has 0 bridgehead atoms. The Balaban J connectivity index is 2.74. The summed E-state index contributed by atoms with van der Waals surface area (Å²) in [5.74, 6) is 0.154. The van der Waals surface area contributed by atoms with Gasteiger partial charge >= 0.3 is 18.1 Å². The molecule has 0 unspecified atom stereocenters. The Bertz CT molecular complexity index is 1150. The van der Waals surface area contributed by atoms with Crippen LogP contribution in [0.4, 0.5) is 4.79 Å². The van der Waals surface area contributed by atoms with Crippen LogP contribution in [0.5, 0.6) is 11.5 Å². The molecule has 0 aliphatic heterocycles. The third-order valence-corrected chi connectivity index (χ3v) is 7.05. The second-order valence-electron chi connectivity index (χ2n) is 15.0. The lowest BCUT2D eigenvalue weighted by atomic mass is 9.78. The third kappa shape index (κ3) is 8.83. The number of esters is 2. The van der Waals surface area contributed by atoms with Gasteiger partial charge in [0.15, 0.2) is 0 Å². The number of ether oxygens (including phenoxy) is 4. The fourth-order valence-electron chi connectivity index (χ4n) is 4.69. The Labute approximate surface area is 252 Å². The van der Waals surface area contributed by atoms with E-state index in [2.05, 4.69) is 0 Å². The molecule has 0 atom stereocenters. The van der Waals surface area contributed by atoms with E-state index in [9.17, 15) is 14.4 Å². The van der Waals surface area contributed by atoms with Crippen LogP contribution in [-0.2, 0) is 53.6 Å². The maximum Gasteiger partial charge on any atom is 0.519 e. The van der Waals surface area contributed by atoms with Crippen LogP contribution in [0.25, 0.3) is 0 Å². The molecule has 0 radical (unpaired) electrons. The van der Waals surface area contributed by atoms with Gasteiger partial charge in [-0.1, -0.05) is 107 Å². The molecule has 42 heavy (non-hydrogen) atoms. The molecule has 0 amide bonds. The molecule has 232 valence electrons. The van der Waals surface area contributed by atoms with E-state index in [4.69, 9.17) is 18.9 Å². The molecule has 0 N–H and O–H groups in total. The van der Waals surface area contributed by atoms with Crippen molar-refractivity contribution in [3.05, 3.63) is 57.6 Å². The average Bonchev–Trinajstić information content (AvgIpc) is 2.82. The van der Waals surface area contributed by atoms with Crippen LogP contribution in [0.1, 0.15) is 116 Å². The van der Waals surface area contributed by atoms with Crippen LogP contribution in [0.15, 0.2) is 24.3 Å². The van der Waals surface area contributed by atoms with Crippen molar-refractivity contribution < 1.29 is 33.3 Å². The minimum absolute atomic E-state index is 0.106. The molecule has 7 nitrogen and oxygen atoms in total. The van der Waals surface area contributed by atoms with Gasteiger partial charge in [0.25, 0.3) is 0 Å². The van der Waals surface area contributed by atoms with Crippen molar-refractivity contribution in [3.63, 3.8) is 0 Å². The molecule has 2 rings (SSSR count). The molecule has 7 heteroatoms. The van der Waals surface area contributed by atoms with Gasteiger partial charge in [-0.05, 0) is 32.8 Å². The summed E-state index contributed by atoms with van der Waals surface area (Å²) in [6.45, 7) is 24.4. The van der Waals surface area contributed by atoms with Gasteiger partial charge in [-0.25, -0.2) is 4.79 Å². The Morgan fingerprint density at radius 3 is 0.929 bits per heavy atom. The van der Waals surface area contributed by atoms with Gasteiger partial charge in [-0.15, -0.1) is 0 Å². The molecule has 0 aliphatic rings. The number of carbonyl (C=O) groups excluding carboxylic acids is 3. The molecule has 2 aromatic carbocycles. The van der Waals surface area contributed by atoms with E-state index < -0.39 is 27.8 Å². The summed E-state index contributed by atoms with van der Waals surface area (Å²) >= 11 is 0. The van der Waals surface area contributed by atoms with Gasteiger partial charge in [-0.2, -0.15) is 0 Å². The van der Waals surface area contributed by atoms with Crippen molar-refractivity contribution in [2.24, 2.45) is 0 Å². The lowest BCUT2D eigenvalue weighted by Crippen LogP contribution is -2.27. The van der Waals surface area contributed by atoms with E-state index in [0.29, 0.717) is 11.5 Å². The molecule has 0 saturated carbocycles. The molecule has 0 aliphatic carbocycles. The zero-order valence-electron chi connectivity index (χ0n) is 28.1. The van der Waals surface area contributed by atoms with Crippen molar-refractivity contribution >= 4 is 18.1 Å². The molecule has 0 saturated heterocycles. The highest BCUT2D eigenvalue weighted by Gasteiger charge is 2.33. The van der Waals surface area contributed by atoms with Crippen molar-refractivity contribution in [2.45, 2.75) is 118 Å². The van der Waals surface area contributed by atoms with Crippen LogP contribution < -0.4 is 9.47 Å². The van der Waals surface area contributed by atoms with Gasteiger partial charge in [0.1, 0.15) is 11.5 Å². The smallest absolute Gasteiger partial charge is 0.469 e. The number of methoxy groups -OCH3 is 2. The first-order valence-corrected chi connectivity index (χ1v) is 14.4. The van der Waals surface area contributed by atoms with Gasteiger partial charge in [-0.3, -0.25) is 9.59 Å². The largest absolute Gasteiger partial charge is 0.519 e. The number of rotatable bonds is 6. The van der Waals surface area contributed by atoms with Crippen LogP contribution >= 0.6 is 0 Å². The van der Waals surface area contributed by atoms with Crippen LogP contribution in [-0.4, -0.2) is 32.3 Å². The Kier molecular flexibility index (Phi) is 10.4. The summed E-state index contributed by atoms with van der Waals surface area (Å²) in [7, 11) is 2.73. The second kappa shape index (κ2) is 12.5. The van der Waals surface area contributed by atoms with Crippen molar-refractivity contribution in [1.82, 2.24) is 0 Å². The minimum Gasteiger partial charge on any atom is -0.469 e. The predicted molar refractivity (Wildman–Crippen MR) is 166 cm³/mol. The van der Waals surface area contributed by atoms with Crippen molar-refractivity contribution in [1.29, 1.82) is 0 Å². The lowest BCUT2D eigenvalue weighted by Gasteiger charge is -2.31. The maximum absolute atomic E-state index is 13.7. The fraction of sp³-hybridized carbons (Fsp3) is 0.571. The first-order chi connectivity index (χ1) is 19.0. The topological polar surface area (TPSA) is 88.1 Å². The number of hydrogen-bond donors (Lipinski definition) is 0. The van der Waals surface area contributed by atoms with Gasteiger partial charge in [0.05, 0.1) is 27.1 Å². The summed E-state index contributed by atoms with van der Waals surface area (Å²) in [5, 5.41) is 0. The SMILES string of the molecule is COC(=O)Cc1cc(C(C)(C)C)c(OC(=O)Oc2c(C(C)(C)C)cc(CC(=O)OC)cc2C(C)(C)C)c(C(C)(C)C)c1. The summed E-state index contributed by atoms with van der Waals surface area (Å²) in [4.78, 5) is 38.0. The predicted octanol–water partition coefficient (Wildman–Crippen LogP) is 7.89. The highest BCUT2D eigenvalue weighted by atomic mass is 16.7. The second-order valence-corrected chi connectivity index (χ2v) is 15.0. The zero-order valence-corrected chi connectivity index (χ0v) is 28.1. The summed E-state index contributed by atoms with van der Waals surface area (Å²) in [6, 6.07) is 7.60. The molecule has 0 fully saturated rings. The third-order valence-electron chi connectivity index (χ3n) is 7.05. The summed E-state index contributed by atoms with van der Waals surface area (Å²) < 4.78 is 22.1. The first-order valence-electron chi connectivity index (χ1n) is 14.4. The molecular formula is C35H50O7.